The Hall–Kier alpha value is -0.670. The number of benzene rings is 1. The Balaban J connectivity index is 2.57. The monoisotopic (exact) mass is 300 g/mol. The number of aromatic nitrogens is 1. The Kier molecular flexibility index (Phi) is 2.47. The van der Waals surface area contributed by atoms with Crippen LogP contribution in [0.1, 0.15) is 5.01 Å². The summed E-state index contributed by atoms with van der Waals surface area (Å²) in [7, 11) is 0. The lowest BCUT2D eigenvalue weighted by Gasteiger charge is -1.87. The molecule has 0 amide bonds. The van der Waals surface area contributed by atoms with Crippen molar-refractivity contribution in [3.05, 3.63) is 26.8 Å². The van der Waals surface area contributed by atoms with Crippen LogP contribution in [0.15, 0.2) is 18.2 Å². The standard InChI is InChI=1S/C9H5IN2S/c10-6-1-2-8-7(5-6)12-9(13-8)3-4-11/h1-2,5H,3H2. The zero-order chi connectivity index (χ0) is 9.26. The van der Waals surface area contributed by atoms with Gasteiger partial charge in [-0.25, -0.2) is 4.98 Å². The van der Waals surface area contributed by atoms with Crippen LogP contribution in [0.25, 0.3) is 10.2 Å². The predicted molar refractivity (Wildman–Crippen MR) is 61.7 cm³/mol. The second kappa shape index (κ2) is 3.60. The van der Waals surface area contributed by atoms with Crippen LogP contribution >= 0.6 is 33.9 Å². The highest BCUT2D eigenvalue weighted by Crippen LogP contribution is 2.23. The molecule has 4 heteroatoms. The second-order valence-electron chi connectivity index (χ2n) is 2.55. The molecule has 0 N–H and O–H groups in total. The fraction of sp³-hybridized carbons (Fsp3) is 0.111. The lowest BCUT2D eigenvalue weighted by Crippen LogP contribution is -1.76. The van der Waals surface area contributed by atoms with Crippen LogP contribution in [-0.2, 0) is 6.42 Å². The molecule has 0 aliphatic rings. The van der Waals surface area contributed by atoms with Crippen molar-refractivity contribution in [3.8, 4) is 6.07 Å². The van der Waals surface area contributed by atoms with Crippen LogP contribution in [0.2, 0.25) is 0 Å². The molecule has 1 aromatic heterocycles. The average Bonchev–Trinajstić information content (AvgIpc) is 2.46. The van der Waals surface area contributed by atoms with Gasteiger partial charge in [0.2, 0.25) is 0 Å². The zero-order valence-electron chi connectivity index (χ0n) is 6.62. The number of hydrogen-bond acceptors (Lipinski definition) is 3. The van der Waals surface area contributed by atoms with Crippen molar-refractivity contribution in [2.75, 3.05) is 0 Å². The van der Waals surface area contributed by atoms with Gasteiger partial charge in [0.05, 0.1) is 22.7 Å². The Morgan fingerprint density at radius 2 is 2.38 bits per heavy atom. The third-order valence-corrected chi connectivity index (χ3v) is 3.33. The zero-order valence-corrected chi connectivity index (χ0v) is 9.59. The van der Waals surface area contributed by atoms with Crippen LogP contribution in [0.3, 0.4) is 0 Å². The number of fused-ring (bicyclic) bond motifs is 1. The minimum Gasteiger partial charge on any atom is -0.240 e. The first kappa shape index (κ1) is 8.91. The second-order valence-corrected chi connectivity index (χ2v) is 4.92. The predicted octanol–water partition coefficient (Wildman–Crippen LogP) is 2.97. The molecular weight excluding hydrogens is 295 g/mol. The maximum atomic E-state index is 8.51. The SMILES string of the molecule is N#CCc1nc2cc(I)ccc2s1. The van der Waals surface area contributed by atoms with Gasteiger partial charge in [0, 0.05) is 3.57 Å². The van der Waals surface area contributed by atoms with E-state index in [0.29, 0.717) is 6.42 Å². The van der Waals surface area contributed by atoms with Crippen molar-refractivity contribution in [1.29, 1.82) is 5.26 Å². The van der Waals surface area contributed by atoms with Gasteiger partial charge >= 0.3 is 0 Å². The highest BCUT2D eigenvalue weighted by molar-refractivity contribution is 14.1. The summed E-state index contributed by atoms with van der Waals surface area (Å²) >= 11 is 3.85. The quantitative estimate of drug-likeness (QED) is 0.759. The van der Waals surface area contributed by atoms with Crippen LogP contribution in [0.5, 0.6) is 0 Å². The molecule has 0 saturated carbocycles. The Morgan fingerprint density at radius 1 is 1.54 bits per heavy atom. The number of rotatable bonds is 1. The molecule has 1 aromatic carbocycles. The fourth-order valence-electron chi connectivity index (χ4n) is 1.09. The van der Waals surface area contributed by atoms with Crippen LogP contribution in [0.4, 0.5) is 0 Å². The molecule has 2 rings (SSSR count). The number of nitriles is 1. The Labute approximate surface area is 93.4 Å². The van der Waals surface area contributed by atoms with E-state index in [-0.39, 0.29) is 0 Å². The minimum atomic E-state index is 0.413. The van der Waals surface area contributed by atoms with Gasteiger partial charge in [0.1, 0.15) is 5.01 Å². The normalized spacial score (nSPS) is 10.2. The third kappa shape index (κ3) is 1.81. The number of hydrogen-bond donors (Lipinski definition) is 0. The van der Waals surface area contributed by atoms with Crippen molar-refractivity contribution in [1.82, 2.24) is 4.98 Å². The smallest absolute Gasteiger partial charge is 0.108 e. The minimum absolute atomic E-state index is 0.413. The molecule has 0 aliphatic carbocycles. The average molecular weight is 300 g/mol. The van der Waals surface area contributed by atoms with E-state index in [9.17, 15) is 0 Å². The first-order chi connectivity index (χ1) is 6.29. The number of thiazole rings is 1. The summed E-state index contributed by atoms with van der Waals surface area (Å²) in [5.41, 5.74) is 1.00. The first-order valence-electron chi connectivity index (χ1n) is 3.71. The van der Waals surface area contributed by atoms with E-state index in [1.165, 1.54) is 3.57 Å². The summed E-state index contributed by atoms with van der Waals surface area (Å²) in [4.78, 5) is 4.35. The van der Waals surface area contributed by atoms with Gasteiger partial charge in [-0.3, -0.25) is 0 Å². The van der Waals surface area contributed by atoms with Crippen LogP contribution in [0, 0.1) is 14.9 Å². The van der Waals surface area contributed by atoms with Crippen molar-refractivity contribution in [2.45, 2.75) is 6.42 Å². The van der Waals surface area contributed by atoms with Crippen LogP contribution < -0.4 is 0 Å². The maximum absolute atomic E-state index is 8.51. The number of nitrogens with zero attached hydrogens (tertiary/aromatic N) is 2. The van der Waals surface area contributed by atoms with E-state index < -0.39 is 0 Å². The molecule has 0 fully saturated rings. The molecule has 0 radical (unpaired) electrons. The van der Waals surface area contributed by atoms with Gasteiger partial charge < -0.3 is 0 Å². The third-order valence-electron chi connectivity index (χ3n) is 1.62. The van der Waals surface area contributed by atoms with E-state index in [1.54, 1.807) is 11.3 Å². The topological polar surface area (TPSA) is 36.7 Å². The molecule has 64 valence electrons. The maximum Gasteiger partial charge on any atom is 0.108 e. The van der Waals surface area contributed by atoms with Gasteiger partial charge in [-0.05, 0) is 40.8 Å². The molecular formula is C9H5IN2S. The summed E-state index contributed by atoms with van der Waals surface area (Å²) in [6, 6.07) is 8.24. The van der Waals surface area contributed by atoms with E-state index in [4.69, 9.17) is 5.26 Å². The highest BCUT2D eigenvalue weighted by atomic mass is 127. The summed E-state index contributed by atoms with van der Waals surface area (Å²) in [5.74, 6) is 0. The van der Waals surface area contributed by atoms with Gasteiger partial charge in [-0.1, -0.05) is 0 Å². The lowest BCUT2D eigenvalue weighted by atomic mass is 10.3. The Bertz CT molecular complexity index is 484. The van der Waals surface area contributed by atoms with E-state index in [1.807, 2.05) is 6.07 Å². The molecule has 0 unspecified atom stereocenters. The fourth-order valence-corrected chi connectivity index (χ4v) is 2.45. The summed E-state index contributed by atoms with van der Waals surface area (Å²) in [6.45, 7) is 0. The summed E-state index contributed by atoms with van der Waals surface area (Å²) < 4.78 is 2.34. The largest absolute Gasteiger partial charge is 0.240 e. The van der Waals surface area contributed by atoms with E-state index in [0.717, 1.165) is 15.2 Å². The first-order valence-corrected chi connectivity index (χ1v) is 5.61. The van der Waals surface area contributed by atoms with Gasteiger partial charge in [-0.2, -0.15) is 5.26 Å². The molecule has 0 bridgehead atoms. The molecule has 2 nitrogen and oxygen atoms in total. The van der Waals surface area contributed by atoms with Crippen molar-refractivity contribution in [2.24, 2.45) is 0 Å². The van der Waals surface area contributed by atoms with Crippen LogP contribution in [-0.4, -0.2) is 4.98 Å². The van der Waals surface area contributed by atoms with Gasteiger partial charge in [0.15, 0.2) is 0 Å². The van der Waals surface area contributed by atoms with E-state index in [2.05, 4.69) is 45.8 Å². The van der Waals surface area contributed by atoms with Crippen molar-refractivity contribution < 1.29 is 0 Å². The molecule has 1 heterocycles. The molecule has 0 spiro atoms. The van der Waals surface area contributed by atoms with Gasteiger partial charge in [-0.15, -0.1) is 11.3 Å². The van der Waals surface area contributed by atoms with Crippen molar-refractivity contribution >= 4 is 44.1 Å². The molecule has 13 heavy (non-hydrogen) atoms. The van der Waals surface area contributed by atoms with Gasteiger partial charge in [0.25, 0.3) is 0 Å². The van der Waals surface area contributed by atoms with Crippen molar-refractivity contribution in [3.63, 3.8) is 0 Å². The molecule has 0 aliphatic heterocycles. The molecule has 2 aromatic rings. The summed E-state index contributed by atoms with van der Waals surface area (Å²) in [5, 5.41) is 9.42. The highest BCUT2D eigenvalue weighted by Gasteiger charge is 2.02. The lowest BCUT2D eigenvalue weighted by molar-refractivity contribution is 1.21. The summed E-state index contributed by atoms with van der Waals surface area (Å²) in [6.07, 6.45) is 0.413. The molecule has 0 saturated heterocycles. The molecule has 0 atom stereocenters. The Morgan fingerprint density at radius 3 is 3.15 bits per heavy atom. The number of halogens is 1. The van der Waals surface area contributed by atoms with E-state index >= 15 is 0 Å².